The Hall–Kier alpha value is -3.22. The second-order valence-electron chi connectivity index (χ2n) is 5.88. The number of fused-ring (bicyclic) bond motifs is 1. The maximum absolute atomic E-state index is 12.1. The minimum Gasteiger partial charge on any atom is -0.486 e. The van der Waals surface area contributed by atoms with Crippen molar-refractivity contribution in [2.75, 3.05) is 37.0 Å². The Balaban J connectivity index is 1.45. The van der Waals surface area contributed by atoms with E-state index in [1.807, 2.05) is 0 Å². The topological polar surface area (TPSA) is 85.9 Å². The molecule has 0 spiro atoms. The van der Waals surface area contributed by atoms with Crippen LogP contribution >= 0.6 is 0 Å². The van der Waals surface area contributed by atoms with E-state index in [4.69, 9.17) is 14.2 Å². The molecular weight excluding hydrogens is 348 g/mol. The van der Waals surface area contributed by atoms with E-state index in [9.17, 15) is 9.59 Å². The van der Waals surface area contributed by atoms with Gasteiger partial charge in [0.15, 0.2) is 11.5 Å². The Bertz CT molecular complexity index is 805. The van der Waals surface area contributed by atoms with E-state index in [0.717, 1.165) is 5.69 Å². The van der Waals surface area contributed by atoms with Gasteiger partial charge in [-0.1, -0.05) is 0 Å². The average Bonchev–Trinajstić information content (AvgIpc) is 2.68. The molecule has 0 fully saturated rings. The molecule has 0 atom stereocenters. The predicted molar refractivity (Wildman–Crippen MR) is 102 cm³/mol. The first-order valence-corrected chi connectivity index (χ1v) is 8.86. The normalized spacial score (nSPS) is 12.2. The lowest BCUT2D eigenvalue weighted by molar-refractivity contribution is -0.115. The summed E-state index contributed by atoms with van der Waals surface area (Å²) in [4.78, 5) is 23.7. The Labute approximate surface area is 157 Å². The summed E-state index contributed by atoms with van der Waals surface area (Å²) in [6, 6.07) is 12.3. The molecule has 0 saturated heterocycles. The van der Waals surface area contributed by atoms with E-state index in [2.05, 4.69) is 10.6 Å². The summed E-state index contributed by atoms with van der Waals surface area (Å²) in [6.45, 7) is 3.62. The number of hydrogen-bond donors (Lipinski definition) is 2. The molecule has 1 aliphatic heterocycles. The van der Waals surface area contributed by atoms with Crippen LogP contribution in [0.15, 0.2) is 42.5 Å². The molecule has 142 valence electrons. The van der Waals surface area contributed by atoms with Gasteiger partial charge in [-0.25, -0.2) is 4.79 Å². The number of ether oxygens (including phenoxy) is 3. The molecule has 7 nitrogen and oxygen atoms in total. The van der Waals surface area contributed by atoms with Crippen molar-refractivity contribution in [3.05, 3.63) is 48.0 Å². The molecule has 0 unspecified atom stereocenters. The third-order valence-corrected chi connectivity index (χ3v) is 3.90. The van der Waals surface area contributed by atoms with E-state index in [1.54, 1.807) is 49.4 Å². The lowest BCUT2D eigenvalue weighted by Crippen LogP contribution is -2.18. The highest BCUT2D eigenvalue weighted by Gasteiger charge is 2.12. The van der Waals surface area contributed by atoms with E-state index in [1.165, 1.54) is 0 Å². The highest BCUT2D eigenvalue weighted by molar-refractivity contribution is 5.91. The van der Waals surface area contributed by atoms with Crippen LogP contribution in [0.2, 0.25) is 0 Å². The van der Waals surface area contributed by atoms with Crippen LogP contribution in [0.3, 0.4) is 0 Å². The van der Waals surface area contributed by atoms with Crippen LogP contribution in [0.5, 0.6) is 11.5 Å². The quantitative estimate of drug-likeness (QED) is 0.729. The molecule has 1 aliphatic rings. The van der Waals surface area contributed by atoms with Crippen molar-refractivity contribution in [2.45, 2.75) is 13.3 Å². The fraction of sp³-hybridized carbons (Fsp3) is 0.300. The number of carbonyl (C=O) groups excluding carboxylic acids is 2. The zero-order valence-electron chi connectivity index (χ0n) is 15.1. The molecule has 1 amide bonds. The van der Waals surface area contributed by atoms with Crippen LogP contribution in [-0.2, 0) is 9.53 Å². The molecule has 0 saturated carbocycles. The van der Waals surface area contributed by atoms with Crippen molar-refractivity contribution >= 4 is 23.3 Å². The number of carbonyl (C=O) groups is 2. The number of benzene rings is 2. The monoisotopic (exact) mass is 370 g/mol. The second kappa shape index (κ2) is 8.93. The van der Waals surface area contributed by atoms with Crippen molar-refractivity contribution in [1.29, 1.82) is 0 Å². The van der Waals surface area contributed by atoms with Crippen LogP contribution in [0, 0.1) is 0 Å². The fourth-order valence-corrected chi connectivity index (χ4v) is 2.60. The van der Waals surface area contributed by atoms with Gasteiger partial charge in [0.1, 0.15) is 13.2 Å². The zero-order chi connectivity index (χ0) is 19.1. The molecule has 2 aromatic rings. The number of hydrogen-bond acceptors (Lipinski definition) is 6. The van der Waals surface area contributed by atoms with Gasteiger partial charge in [0.05, 0.1) is 12.2 Å². The number of nitrogens with one attached hydrogen (secondary N) is 2. The molecule has 0 bridgehead atoms. The van der Waals surface area contributed by atoms with Gasteiger partial charge in [-0.15, -0.1) is 0 Å². The van der Waals surface area contributed by atoms with Crippen LogP contribution in [0.4, 0.5) is 11.4 Å². The highest BCUT2D eigenvalue weighted by Crippen LogP contribution is 2.32. The Morgan fingerprint density at radius 3 is 2.44 bits per heavy atom. The summed E-state index contributed by atoms with van der Waals surface area (Å²) in [5.41, 5.74) is 2.00. The molecule has 0 aromatic heterocycles. The van der Waals surface area contributed by atoms with Crippen LogP contribution in [0.1, 0.15) is 23.7 Å². The molecule has 1 heterocycles. The largest absolute Gasteiger partial charge is 0.486 e. The molecular formula is C20H22N2O5. The van der Waals surface area contributed by atoms with Gasteiger partial charge in [-0.2, -0.15) is 0 Å². The molecule has 2 N–H and O–H groups in total. The van der Waals surface area contributed by atoms with E-state index >= 15 is 0 Å². The summed E-state index contributed by atoms with van der Waals surface area (Å²) in [5, 5.41) is 5.99. The highest BCUT2D eigenvalue weighted by atomic mass is 16.6. The van der Waals surface area contributed by atoms with Gasteiger partial charge in [-0.05, 0) is 43.3 Å². The summed E-state index contributed by atoms with van der Waals surface area (Å²) in [6.07, 6.45) is 0.300. The lowest BCUT2D eigenvalue weighted by Gasteiger charge is -2.19. The number of esters is 1. The zero-order valence-corrected chi connectivity index (χ0v) is 15.1. The molecule has 0 radical (unpaired) electrons. The predicted octanol–water partition coefficient (Wildman–Crippen LogP) is 3.08. The SMILES string of the molecule is CCOC(=O)c1ccc(NCCC(=O)Nc2ccc3c(c2)OCCO3)cc1. The van der Waals surface area contributed by atoms with Gasteiger partial charge in [0, 0.05) is 30.4 Å². The van der Waals surface area contributed by atoms with E-state index in [0.29, 0.717) is 55.5 Å². The third kappa shape index (κ3) is 5.13. The Morgan fingerprint density at radius 2 is 1.70 bits per heavy atom. The number of amides is 1. The number of rotatable bonds is 7. The summed E-state index contributed by atoms with van der Waals surface area (Å²) in [7, 11) is 0. The maximum Gasteiger partial charge on any atom is 0.338 e. The van der Waals surface area contributed by atoms with Gasteiger partial charge in [0.25, 0.3) is 0 Å². The van der Waals surface area contributed by atoms with Crippen LogP contribution < -0.4 is 20.1 Å². The maximum atomic E-state index is 12.1. The Kier molecular flexibility index (Phi) is 6.14. The number of anilines is 2. The first-order chi connectivity index (χ1) is 13.2. The average molecular weight is 370 g/mol. The van der Waals surface area contributed by atoms with Crippen LogP contribution in [-0.4, -0.2) is 38.2 Å². The smallest absolute Gasteiger partial charge is 0.338 e. The van der Waals surface area contributed by atoms with Crippen molar-refractivity contribution < 1.29 is 23.8 Å². The van der Waals surface area contributed by atoms with Crippen LogP contribution in [0.25, 0.3) is 0 Å². The van der Waals surface area contributed by atoms with Gasteiger partial charge < -0.3 is 24.8 Å². The van der Waals surface area contributed by atoms with Crippen molar-refractivity contribution in [2.24, 2.45) is 0 Å². The third-order valence-electron chi connectivity index (χ3n) is 3.90. The van der Waals surface area contributed by atoms with Crippen molar-refractivity contribution in [3.8, 4) is 11.5 Å². The molecule has 3 rings (SSSR count). The summed E-state index contributed by atoms with van der Waals surface area (Å²) >= 11 is 0. The van der Waals surface area contributed by atoms with Gasteiger partial charge >= 0.3 is 5.97 Å². The van der Waals surface area contributed by atoms with Gasteiger partial charge in [0.2, 0.25) is 5.91 Å². The summed E-state index contributed by atoms with van der Waals surface area (Å²) in [5.74, 6) is 0.872. The fourth-order valence-electron chi connectivity index (χ4n) is 2.60. The molecule has 27 heavy (non-hydrogen) atoms. The standard InChI is InChI=1S/C20H22N2O5/c1-2-25-20(24)14-3-5-15(6-4-14)21-10-9-19(23)22-16-7-8-17-18(13-16)27-12-11-26-17/h3-8,13,21H,2,9-12H2,1H3,(H,22,23). The van der Waals surface area contributed by atoms with E-state index in [-0.39, 0.29) is 11.9 Å². The first kappa shape index (κ1) is 18.6. The lowest BCUT2D eigenvalue weighted by atomic mass is 10.2. The molecule has 7 heteroatoms. The van der Waals surface area contributed by atoms with E-state index < -0.39 is 0 Å². The molecule has 2 aromatic carbocycles. The minimum absolute atomic E-state index is 0.109. The van der Waals surface area contributed by atoms with Crippen molar-refractivity contribution in [3.63, 3.8) is 0 Å². The molecule has 0 aliphatic carbocycles. The first-order valence-electron chi connectivity index (χ1n) is 8.86. The summed E-state index contributed by atoms with van der Waals surface area (Å²) < 4.78 is 15.9. The minimum atomic E-state index is -0.345. The van der Waals surface area contributed by atoms with Gasteiger partial charge in [-0.3, -0.25) is 4.79 Å². The Morgan fingerprint density at radius 1 is 1.00 bits per heavy atom. The van der Waals surface area contributed by atoms with Crippen molar-refractivity contribution in [1.82, 2.24) is 0 Å². The second-order valence-corrected chi connectivity index (χ2v) is 5.88.